The highest BCUT2D eigenvalue weighted by molar-refractivity contribution is 5.52. The molecule has 1 saturated heterocycles. The van der Waals surface area contributed by atoms with Gasteiger partial charge in [0.1, 0.15) is 12.4 Å². The van der Waals surface area contributed by atoms with Crippen LogP contribution in [0, 0.1) is 5.92 Å². The second-order valence-electron chi connectivity index (χ2n) is 8.31. The Bertz CT molecular complexity index is 1140. The van der Waals surface area contributed by atoms with Crippen LogP contribution in [0.1, 0.15) is 16.8 Å². The number of hydrogen-bond donors (Lipinski definition) is 0. The summed E-state index contributed by atoms with van der Waals surface area (Å²) in [5.74, 6) is 1.33. The lowest BCUT2D eigenvalue weighted by Gasteiger charge is -2.24. The van der Waals surface area contributed by atoms with Crippen LogP contribution in [0.2, 0.25) is 0 Å². The summed E-state index contributed by atoms with van der Waals surface area (Å²) in [7, 11) is 0. The van der Waals surface area contributed by atoms with Gasteiger partial charge in [0.25, 0.3) is 0 Å². The van der Waals surface area contributed by atoms with Crippen molar-refractivity contribution in [1.82, 2.24) is 19.3 Å². The Balaban J connectivity index is 1.26. The SMILES string of the molecule is c1cncc(COc2ccccc2CN2CCOC[C@H](Cc3nccn4cccc34)C2)c1. The molecule has 1 aliphatic rings. The summed E-state index contributed by atoms with van der Waals surface area (Å²) in [4.78, 5) is 11.3. The summed E-state index contributed by atoms with van der Waals surface area (Å²) < 4.78 is 14.2. The molecular formula is C26H28N4O2. The van der Waals surface area contributed by atoms with Crippen molar-refractivity contribution in [3.63, 3.8) is 0 Å². The van der Waals surface area contributed by atoms with Gasteiger partial charge in [-0.05, 0) is 30.7 Å². The summed E-state index contributed by atoms with van der Waals surface area (Å²) >= 11 is 0. The highest BCUT2D eigenvalue weighted by atomic mass is 16.5. The van der Waals surface area contributed by atoms with Crippen LogP contribution in [0.5, 0.6) is 5.75 Å². The Labute approximate surface area is 188 Å². The van der Waals surface area contributed by atoms with Gasteiger partial charge in [-0.1, -0.05) is 24.3 Å². The molecule has 1 fully saturated rings. The number of rotatable bonds is 7. The van der Waals surface area contributed by atoms with E-state index >= 15 is 0 Å². The molecule has 4 heterocycles. The van der Waals surface area contributed by atoms with Crippen molar-refractivity contribution in [3.8, 4) is 5.75 Å². The minimum atomic E-state index is 0.398. The smallest absolute Gasteiger partial charge is 0.124 e. The molecule has 3 aromatic heterocycles. The van der Waals surface area contributed by atoms with Gasteiger partial charge in [0.15, 0.2) is 0 Å². The van der Waals surface area contributed by atoms with Gasteiger partial charge >= 0.3 is 0 Å². The van der Waals surface area contributed by atoms with Gasteiger partial charge in [-0.3, -0.25) is 14.9 Å². The molecule has 0 aliphatic carbocycles. The van der Waals surface area contributed by atoms with Crippen molar-refractivity contribution in [1.29, 1.82) is 0 Å². The van der Waals surface area contributed by atoms with E-state index in [-0.39, 0.29) is 0 Å². The van der Waals surface area contributed by atoms with Crippen LogP contribution < -0.4 is 4.74 Å². The molecule has 0 N–H and O–H groups in total. The van der Waals surface area contributed by atoms with Crippen LogP contribution in [0.3, 0.4) is 0 Å². The number of aromatic nitrogens is 3. The quantitative estimate of drug-likeness (QED) is 0.445. The molecule has 0 bridgehead atoms. The Morgan fingerprint density at radius 2 is 2.00 bits per heavy atom. The topological polar surface area (TPSA) is 51.9 Å². The fourth-order valence-electron chi connectivity index (χ4n) is 4.34. The van der Waals surface area contributed by atoms with Gasteiger partial charge in [0, 0.05) is 67.7 Å². The summed E-state index contributed by atoms with van der Waals surface area (Å²) in [6.07, 6.45) is 10.5. The molecule has 6 heteroatoms. The van der Waals surface area contributed by atoms with E-state index < -0.39 is 0 Å². The predicted molar refractivity (Wildman–Crippen MR) is 123 cm³/mol. The van der Waals surface area contributed by atoms with Crippen LogP contribution in [0.25, 0.3) is 5.52 Å². The maximum Gasteiger partial charge on any atom is 0.124 e. The Kier molecular flexibility index (Phi) is 6.42. The van der Waals surface area contributed by atoms with Crippen LogP contribution in [-0.2, 0) is 24.3 Å². The van der Waals surface area contributed by atoms with Crippen molar-refractivity contribution in [2.24, 2.45) is 5.92 Å². The van der Waals surface area contributed by atoms with E-state index in [1.165, 1.54) is 11.1 Å². The average molecular weight is 429 g/mol. The van der Waals surface area contributed by atoms with Crippen LogP contribution in [-0.4, -0.2) is 45.6 Å². The lowest BCUT2D eigenvalue weighted by molar-refractivity contribution is 0.121. The van der Waals surface area contributed by atoms with Gasteiger partial charge in [-0.2, -0.15) is 0 Å². The first kappa shape index (κ1) is 20.7. The largest absolute Gasteiger partial charge is 0.489 e. The highest BCUT2D eigenvalue weighted by Crippen LogP contribution is 2.23. The molecule has 1 atom stereocenters. The fourth-order valence-corrected chi connectivity index (χ4v) is 4.34. The van der Waals surface area contributed by atoms with Crippen molar-refractivity contribution in [2.75, 3.05) is 26.3 Å². The molecule has 0 unspecified atom stereocenters. The highest BCUT2D eigenvalue weighted by Gasteiger charge is 2.21. The number of ether oxygens (including phenoxy) is 2. The molecule has 5 rings (SSSR count). The van der Waals surface area contributed by atoms with E-state index in [0.717, 1.165) is 56.3 Å². The fraction of sp³-hybridized carbons (Fsp3) is 0.308. The summed E-state index contributed by atoms with van der Waals surface area (Å²) in [5, 5.41) is 0. The van der Waals surface area contributed by atoms with Crippen molar-refractivity contribution in [2.45, 2.75) is 19.6 Å². The molecule has 0 saturated carbocycles. The molecule has 4 aromatic rings. The third-order valence-corrected chi connectivity index (χ3v) is 5.92. The van der Waals surface area contributed by atoms with Gasteiger partial charge in [0.05, 0.1) is 24.4 Å². The Morgan fingerprint density at radius 3 is 2.94 bits per heavy atom. The number of para-hydroxylation sites is 1. The number of hydrogen-bond acceptors (Lipinski definition) is 5. The maximum absolute atomic E-state index is 6.15. The second-order valence-corrected chi connectivity index (χ2v) is 8.31. The van der Waals surface area contributed by atoms with Gasteiger partial charge in [-0.25, -0.2) is 0 Å². The molecule has 164 valence electrons. The average Bonchev–Trinajstić information content (AvgIpc) is 3.21. The van der Waals surface area contributed by atoms with Crippen LogP contribution in [0.15, 0.2) is 79.5 Å². The molecule has 6 nitrogen and oxygen atoms in total. The summed E-state index contributed by atoms with van der Waals surface area (Å²) in [6.45, 7) is 4.75. The molecule has 0 radical (unpaired) electrons. The van der Waals surface area contributed by atoms with E-state index in [0.29, 0.717) is 12.5 Å². The minimum absolute atomic E-state index is 0.398. The van der Waals surface area contributed by atoms with E-state index in [2.05, 4.69) is 55.8 Å². The first-order valence-electron chi connectivity index (χ1n) is 11.2. The summed E-state index contributed by atoms with van der Waals surface area (Å²) in [5.41, 5.74) is 4.58. The standard InChI is InChI=1S/C26H28N4O2/c1-2-8-26(32-20-21-5-3-9-27-16-21)23(6-1)18-29-13-14-31-19-22(17-29)15-24-25-7-4-11-30(25)12-10-28-24/h1-12,16,22H,13-15,17-20H2/t22-/m1/s1. The molecule has 1 aromatic carbocycles. The van der Waals surface area contributed by atoms with Crippen LogP contribution in [0.4, 0.5) is 0 Å². The first-order chi connectivity index (χ1) is 15.8. The van der Waals surface area contributed by atoms with E-state index in [1.54, 1.807) is 6.20 Å². The zero-order valence-corrected chi connectivity index (χ0v) is 18.1. The number of fused-ring (bicyclic) bond motifs is 1. The maximum atomic E-state index is 6.15. The minimum Gasteiger partial charge on any atom is -0.489 e. The molecule has 1 aliphatic heterocycles. The number of nitrogens with zero attached hydrogens (tertiary/aromatic N) is 4. The molecule has 0 amide bonds. The van der Waals surface area contributed by atoms with E-state index in [4.69, 9.17) is 9.47 Å². The van der Waals surface area contributed by atoms with E-state index in [9.17, 15) is 0 Å². The van der Waals surface area contributed by atoms with Crippen molar-refractivity contribution >= 4 is 5.52 Å². The van der Waals surface area contributed by atoms with Gasteiger partial charge in [0.2, 0.25) is 0 Å². The normalized spacial score (nSPS) is 17.3. The summed E-state index contributed by atoms with van der Waals surface area (Å²) in [6, 6.07) is 16.5. The zero-order valence-electron chi connectivity index (χ0n) is 18.1. The first-order valence-corrected chi connectivity index (χ1v) is 11.2. The van der Waals surface area contributed by atoms with Crippen molar-refractivity contribution in [3.05, 3.63) is 96.3 Å². The zero-order chi connectivity index (χ0) is 21.6. The third-order valence-electron chi connectivity index (χ3n) is 5.92. The molecular weight excluding hydrogens is 400 g/mol. The van der Waals surface area contributed by atoms with Crippen LogP contribution >= 0.6 is 0 Å². The number of pyridine rings is 1. The van der Waals surface area contributed by atoms with E-state index in [1.807, 2.05) is 36.8 Å². The number of benzene rings is 1. The monoisotopic (exact) mass is 428 g/mol. The third kappa shape index (κ3) is 4.98. The lowest BCUT2D eigenvalue weighted by Crippen LogP contribution is -2.30. The second kappa shape index (κ2) is 9.94. The van der Waals surface area contributed by atoms with Gasteiger partial charge < -0.3 is 13.9 Å². The van der Waals surface area contributed by atoms with Gasteiger partial charge in [-0.15, -0.1) is 0 Å². The predicted octanol–water partition coefficient (Wildman–Crippen LogP) is 4.00. The molecule has 32 heavy (non-hydrogen) atoms. The Morgan fingerprint density at radius 1 is 1.03 bits per heavy atom. The lowest BCUT2D eigenvalue weighted by atomic mass is 10.0. The molecule has 0 spiro atoms. The Hall–Kier alpha value is -3.22. The van der Waals surface area contributed by atoms with Crippen molar-refractivity contribution < 1.29 is 9.47 Å².